The standard InChI is InChI=1S/C15H17O3/c1-4-13(16)10-7-11(14(17)5-2)9-12(8-10)15(18)6-3/h7-8H,4-6H2,1-3H3. The van der Waals surface area contributed by atoms with Gasteiger partial charge in [0.05, 0.1) is 0 Å². The summed E-state index contributed by atoms with van der Waals surface area (Å²) in [7, 11) is 0. The van der Waals surface area contributed by atoms with Crippen LogP contribution in [0.4, 0.5) is 0 Å². The molecule has 0 aliphatic rings. The molecule has 18 heavy (non-hydrogen) atoms. The first-order valence-corrected chi connectivity index (χ1v) is 6.20. The molecule has 0 saturated heterocycles. The van der Waals surface area contributed by atoms with Gasteiger partial charge in [-0.1, -0.05) is 20.8 Å². The van der Waals surface area contributed by atoms with Crippen molar-refractivity contribution >= 4 is 17.3 Å². The zero-order valence-corrected chi connectivity index (χ0v) is 11.0. The van der Waals surface area contributed by atoms with Gasteiger partial charge in [-0.2, -0.15) is 0 Å². The Morgan fingerprint density at radius 1 is 0.833 bits per heavy atom. The second-order valence-electron chi connectivity index (χ2n) is 4.03. The third-order valence-electron chi connectivity index (χ3n) is 2.76. The Hall–Kier alpha value is -1.77. The number of hydrogen-bond donors (Lipinski definition) is 0. The Kier molecular flexibility index (Phi) is 4.95. The summed E-state index contributed by atoms with van der Waals surface area (Å²) < 4.78 is 0. The van der Waals surface area contributed by atoms with E-state index in [0.717, 1.165) is 0 Å². The van der Waals surface area contributed by atoms with Crippen molar-refractivity contribution in [2.75, 3.05) is 0 Å². The van der Waals surface area contributed by atoms with E-state index in [2.05, 4.69) is 6.07 Å². The quantitative estimate of drug-likeness (QED) is 0.723. The second-order valence-corrected chi connectivity index (χ2v) is 4.03. The first-order valence-electron chi connectivity index (χ1n) is 6.20. The summed E-state index contributed by atoms with van der Waals surface area (Å²) >= 11 is 0. The topological polar surface area (TPSA) is 51.2 Å². The highest BCUT2D eigenvalue weighted by Gasteiger charge is 2.14. The lowest BCUT2D eigenvalue weighted by Gasteiger charge is -2.06. The maximum Gasteiger partial charge on any atom is 0.163 e. The van der Waals surface area contributed by atoms with Crippen LogP contribution >= 0.6 is 0 Å². The van der Waals surface area contributed by atoms with E-state index >= 15 is 0 Å². The molecule has 0 aliphatic carbocycles. The SMILES string of the molecule is CCC(=O)c1[c]c(C(=O)CC)cc(C(=O)CC)c1. The van der Waals surface area contributed by atoms with Gasteiger partial charge >= 0.3 is 0 Å². The molecule has 1 aromatic rings. The molecule has 0 atom stereocenters. The minimum Gasteiger partial charge on any atom is -0.294 e. The fourth-order valence-corrected chi connectivity index (χ4v) is 1.62. The Labute approximate surface area is 107 Å². The highest BCUT2D eigenvalue weighted by molar-refractivity contribution is 6.05. The van der Waals surface area contributed by atoms with E-state index in [9.17, 15) is 14.4 Å². The normalized spacial score (nSPS) is 10.2. The van der Waals surface area contributed by atoms with Crippen molar-refractivity contribution in [2.24, 2.45) is 0 Å². The summed E-state index contributed by atoms with van der Waals surface area (Å²) in [5, 5.41) is 0. The molecule has 0 bridgehead atoms. The van der Waals surface area contributed by atoms with Crippen LogP contribution in [0.1, 0.15) is 71.1 Å². The Bertz CT molecular complexity index is 403. The molecular formula is C15H17O3. The predicted octanol–water partition coefficient (Wildman–Crippen LogP) is 3.26. The largest absolute Gasteiger partial charge is 0.294 e. The lowest BCUT2D eigenvalue weighted by molar-refractivity contribution is 0.0987. The predicted molar refractivity (Wildman–Crippen MR) is 69.1 cm³/mol. The number of carbonyl (C=O) groups is 3. The lowest BCUT2D eigenvalue weighted by atomic mass is 9.96. The molecular weight excluding hydrogens is 228 g/mol. The average molecular weight is 245 g/mol. The van der Waals surface area contributed by atoms with E-state index in [4.69, 9.17) is 0 Å². The molecule has 0 fully saturated rings. The molecule has 0 N–H and O–H groups in total. The van der Waals surface area contributed by atoms with Crippen molar-refractivity contribution in [3.8, 4) is 0 Å². The number of carbonyl (C=O) groups excluding carboxylic acids is 3. The van der Waals surface area contributed by atoms with Gasteiger partial charge in [0.15, 0.2) is 17.3 Å². The Morgan fingerprint density at radius 3 is 1.56 bits per heavy atom. The van der Waals surface area contributed by atoms with Crippen molar-refractivity contribution < 1.29 is 14.4 Å². The van der Waals surface area contributed by atoms with Gasteiger partial charge in [-0.15, -0.1) is 0 Å². The molecule has 1 aromatic carbocycles. The average Bonchev–Trinajstić information content (AvgIpc) is 2.43. The minimum absolute atomic E-state index is 0.0701. The number of ketones is 3. The van der Waals surface area contributed by atoms with Crippen LogP contribution in [0.3, 0.4) is 0 Å². The second kappa shape index (κ2) is 6.24. The van der Waals surface area contributed by atoms with Crippen LogP contribution in [-0.4, -0.2) is 17.3 Å². The Balaban J connectivity index is 3.32. The maximum atomic E-state index is 11.7. The van der Waals surface area contributed by atoms with E-state index < -0.39 is 0 Å². The third-order valence-corrected chi connectivity index (χ3v) is 2.76. The first kappa shape index (κ1) is 14.3. The molecule has 3 heteroatoms. The molecule has 1 radical (unpaired) electrons. The number of benzene rings is 1. The summed E-state index contributed by atoms with van der Waals surface area (Å²) in [5.74, 6) is -0.281. The van der Waals surface area contributed by atoms with Gasteiger partial charge in [0, 0.05) is 42.0 Å². The third kappa shape index (κ3) is 3.13. The molecule has 0 spiro atoms. The van der Waals surface area contributed by atoms with Gasteiger partial charge in [0.25, 0.3) is 0 Å². The summed E-state index contributed by atoms with van der Waals surface area (Å²) in [4.78, 5) is 35.1. The van der Waals surface area contributed by atoms with Crippen molar-refractivity contribution in [3.63, 3.8) is 0 Å². The highest BCUT2D eigenvalue weighted by Crippen LogP contribution is 2.15. The number of Topliss-reactive ketones (excluding diaryl/α,β-unsaturated/α-hetero) is 3. The van der Waals surface area contributed by atoms with E-state index in [0.29, 0.717) is 36.0 Å². The number of hydrogen-bond acceptors (Lipinski definition) is 3. The monoisotopic (exact) mass is 245 g/mol. The molecule has 3 nitrogen and oxygen atoms in total. The maximum absolute atomic E-state index is 11.7. The highest BCUT2D eigenvalue weighted by atomic mass is 16.1. The van der Waals surface area contributed by atoms with Gasteiger partial charge in [0.2, 0.25) is 0 Å². The van der Waals surface area contributed by atoms with Crippen LogP contribution in [-0.2, 0) is 0 Å². The van der Waals surface area contributed by atoms with Crippen LogP contribution in [0.2, 0.25) is 0 Å². The van der Waals surface area contributed by atoms with Crippen LogP contribution < -0.4 is 0 Å². The smallest absolute Gasteiger partial charge is 0.163 e. The van der Waals surface area contributed by atoms with E-state index in [1.165, 1.54) is 12.1 Å². The van der Waals surface area contributed by atoms with Crippen molar-refractivity contribution in [1.29, 1.82) is 0 Å². The molecule has 1 rings (SSSR count). The first-order chi connectivity index (χ1) is 8.53. The fourth-order valence-electron chi connectivity index (χ4n) is 1.62. The fraction of sp³-hybridized carbons (Fsp3) is 0.400. The van der Waals surface area contributed by atoms with Crippen LogP contribution in [0.5, 0.6) is 0 Å². The zero-order chi connectivity index (χ0) is 13.7. The molecule has 0 heterocycles. The van der Waals surface area contributed by atoms with E-state index in [-0.39, 0.29) is 17.3 Å². The van der Waals surface area contributed by atoms with Gasteiger partial charge in [-0.05, 0) is 12.1 Å². The summed E-state index contributed by atoms with van der Waals surface area (Å²) in [6.45, 7) is 5.24. The van der Waals surface area contributed by atoms with Gasteiger partial charge in [-0.25, -0.2) is 0 Å². The van der Waals surface area contributed by atoms with E-state index in [1.54, 1.807) is 20.8 Å². The summed E-state index contributed by atoms with van der Waals surface area (Å²) in [6, 6.07) is 5.88. The minimum atomic E-state index is -0.106. The molecule has 0 aromatic heterocycles. The van der Waals surface area contributed by atoms with Crippen LogP contribution in [0.15, 0.2) is 12.1 Å². The summed E-state index contributed by atoms with van der Waals surface area (Å²) in [5.41, 5.74) is 1.08. The lowest BCUT2D eigenvalue weighted by Crippen LogP contribution is -2.07. The molecule has 0 unspecified atom stereocenters. The molecule has 95 valence electrons. The van der Waals surface area contributed by atoms with Crippen LogP contribution in [0.25, 0.3) is 0 Å². The van der Waals surface area contributed by atoms with Crippen molar-refractivity contribution in [3.05, 3.63) is 34.9 Å². The van der Waals surface area contributed by atoms with Crippen molar-refractivity contribution in [2.45, 2.75) is 40.0 Å². The number of rotatable bonds is 6. The van der Waals surface area contributed by atoms with Crippen molar-refractivity contribution in [1.82, 2.24) is 0 Å². The molecule has 0 amide bonds. The molecule has 0 saturated carbocycles. The Morgan fingerprint density at radius 2 is 1.22 bits per heavy atom. The van der Waals surface area contributed by atoms with E-state index in [1.807, 2.05) is 0 Å². The van der Waals surface area contributed by atoms with Gasteiger partial charge in [-0.3, -0.25) is 14.4 Å². The zero-order valence-electron chi connectivity index (χ0n) is 11.0. The summed E-state index contributed by atoms with van der Waals surface area (Å²) in [6.07, 6.45) is 1.02. The van der Waals surface area contributed by atoms with Crippen LogP contribution in [0, 0.1) is 6.07 Å². The van der Waals surface area contributed by atoms with Gasteiger partial charge in [0.1, 0.15) is 0 Å². The molecule has 0 aliphatic heterocycles. The van der Waals surface area contributed by atoms with Gasteiger partial charge < -0.3 is 0 Å².